The number of ether oxygens (including phenoxy) is 1. The summed E-state index contributed by atoms with van der Waals surface area (Å²) in [5.41, 5.74) is 2.04. The fraction of sp³-hybridized carbons (Fsp3) is 0.429. The van der Waals surface area contributed by atoms with E-state index in [4.69, 9.17) is 9.84 Å². The van der Waals surface area contributed by atoms with Crippen molar-refractivity contribution in [2.75, 3.05) is 13.7 Å². The number of benzene rings is 1. The van der Waals surface area contributed by atoms with Crippen molar-refractivity contribution < 1.29 is 19.4 Å². The van der Waals surface area contributed by atoms with Gasteiger partial charge in [-0.25, -0.2) is 0 Å². The highest BCUT2D eigenvalue weighted by Gasteiger charge is 2.13. The zero-order valence-electron chi connectivity index (χ0n) is 11.2. The molecule has 1 unspecified atom stereocenters. The largest absolute Gasteiger partial charge is 0.481 e. The van der Waals surface area contributed by atoms with Crippen molar-refractivity contribution in [2.45, 2.75) is 25.9 Å². The minimum atomic E-state index is -0.945. The molecule has 5 heteroatoms. The monoisotopic (exact) mass is 265 g/mol. The highest BCUT2D eigenvalue weighted by molar-refractivity contribution is 5.78. The van der Waals surface area contributed by atoms with Gasteiger partial charge in [-0.05, 0) is 12.5 Å². The second-order valence-electron chi connectivity index (χ2n) is 4.43. The fourth-order valence-corrected chi connectivity index (χ4v) is 1.73. The molecule has 0 aliphatic carbocycles. The van der Waals surface area contributed by atoms with Gasteiger partial charge in [0.25, 0.3) is 0 Å². The zero-order chi connectivity index (χ0) is 14.3. The van der Waals surface area contributed by atoms with Crippen molar-refractivity contribution >= 4 is 11.9 Å². The lowest BCUT2D eigenvalue weighted by Crippen LogP contribution is -2.35. The first-order chi connectivity index (χ1) is 9.01. The summed E-state index contributed by atoms with van der Waals surface area (Å²) in [6.45, 7) is 2.17. The normalized spacial score (nSPS) is 11.9. The zero-order valence-corrected chi connectivity index (χ0v) is 11.2. The number of aliphatic carboxylic acids is 1. The molecule has 2 N–H and O–H groups in total. The summed E-state index contributed by atoms with van der Waals surface area (Å²) in [6.07, 6.45) is -0.342. The lowest BCUT2D eigenvalue weighted by atomic mass is 10.1. The van der Waals surface area contributed by atoms with Crippen LogP contribution in [0.15, 0.2) is 24.3 Å². The maximum atomic E-state index is 11.7. The highest BCUT2D eigenvalue weighted by atomic mass is 16.5. The van der Waals surface area contributed by atoms with Gasteiger partial charge in [-0.2, -0.15) is 0 Å². The molecule has 0 heterocycles. The summed E-state index contributed by atoms with van der Waals surface area (Å²) in [7, 11) is 1.43. The number of methoxy groups -OCH3 is 1. The Hall–Kier alpha value is -1.88. The van der Waals surface area contributed by atoms with Gasteiger partial charge < -0.3 is 15.2 Å². The van der Waals surface area contributed by atoms with Crippen molar-refractivity contribution in [1.29, 1.82) is 0 Å². The van der Waals surface area contributed by atoms with Crippen molar-refractivity contribution in [1.82, 2.24) is 5.32 Å². The molecule has 0 aliphatic heterocycles. The van der Waals surface area contributed by atoms with Crippen LogP contribution >= 0.6 is 0 Å². The second kappa shape index (κ2) is 7.53. The van der Waals surface area contributed by atoms with Crippen molar-refractivity contribution in [3.63, 3.8) is 0 Å². The van der Waals surface area contributed by atoms with E-state index < -0.39 is 12.1 Å². The Morgan fingerprint density at radius 3 is 2.74 bits per heavy atom. The molecule has 0 fully saturated rings. The number of carboxylic acids is 1. The number of rotatable bonds is 7. The smallest absolute Gasteiger partial charge is 0.306 e. The maximum Gasteiger partial charge on any atom is 0.306 e. The number of hydrogen-bond donors (Lipinski definition) is 2. The minimum absolute atomic E-state index is 0.124. The number of hydrogen-bond acceptors (Lipinski definition) is 3. The molecule has 0 spiro atoms. The molecule has 104 valence electrons. The van der Waals surface area contributed by atoms with Crippen LogP contribution in [0.2, 0.25) is 0 Å². The van der Waals surface area contributed by atoms with Gasteiger partial charge in [-0.15, -0.1) is 0 Å². The van der Waals surface area contributed by atoms with E-state index in [2.05, 4.69) is 5.32 Å². The van der Waals surface area contributed by atoms with Gasteiger partial charge in [0, 0.05) is 13.7 Å². The average Bonchev–Trinajstić information content (AvgIpc) is 2.34. The molecule has 0 radical (unpaired) electrons. The van der Waals surface area contributed by atoms with Crippen LogP contribution in [-0.2, 0) is 20.7 Å². The van der Waals surface area contributed by atoms with Crippen molar-refractivity contribution in [3.8, 4) is 0 Å². The van der Waals surface area contributed by atoms with Gasteiger partial charge in [0.2, 0.25) is 5.91 Å². The van der Waals surface area contributed by atoms with Crippen LogP contribution in [0.25, 0.3) is 0 Å². The van der Waals surface area contributed by atoms with Crippen LogP contribution in [0.5, 0.6) is 0 Å². The molecule has 0 saturated carbocycles. The summed E-state index contributed by atoms with van der Waals surface area (Å²) < 4.78 is 4.99. The third-order valence-corrected chi connectivity index (χ3v) is 2.71. The lowest BCUT2D eigenvalue weighted by molar-refractivity contribution is -0.140. The van der Waals surface area contributed by atoms with Crippen LogP contribution in [0.3, 0.4) is 0 Å². The molecular weight excluding hydrogens is 246 g/mol. The first-order valence-corrected chi connectivity index (χ1v) is 6.08. The highest BCUT2D eigenvalue weighted by Crippen LogP contribution is 2.04. The average molecular weight is 265 g/mol. The Morgan fingerprint density at radius 1 is 1.42 bits per heavy atom. The van der Waals surface area contributed by atoms with Gasteiger partial charge in [0.1, 0.15) is 0 Å². The molecule has 1 aromatic carbocycles. The van der Waals surface area contributed by atoms with Gasteiger partial charge in [-0.3, -0.25) is 9.59 Å². The number of amides is 1. The number of carboxylic acid groups (broad SMARTS) is 1. The van der Waals surface area contributed by atoms with Crippen LogP contribution in [0, 0.1) is 6.92 Å². The van der Waals surface area contributed by atoms with Gasteiger partial charge in [0.15, 0.2) is 0 Å². The van der Waals surface area contributed by atoms with Gasteiger partial charge in [-0.1, -0.05) is 29.8 Å². The second-order valence-corrected chi connectivity index (χ2v) is 4.43. The van der Waals surface area contributed by atoms with E-state index >= 15 is 0 Å². The summed E-state index contributed by atoms with van der Waals surface area (Å²) >= 11 is 0. The van der Waals surface area contributed by atoms with E-state index in [1.54, 1.807) is 0 Å². The first-order valence-electron chi connectivity index (χ1n) is 6.08. The van der Waals surface area contributed by atoms with Crippen LogP contribution in [0.1, 0.15) is 17.5 Å². The molecule has 1 aromatic rings. The van der Waals surface area contributed by atoms with E-state index in [-0.39, 0.29) is 25.3 Å². The molecule has 1 atom stereocenters. The standard InChI is InChI=1S/C14H19NO4/c1-10-4-3-5-11(6-10)7-13(16)15-9-12(19-2)8-14(17)18/h3-6,12H,7-9H2,1-2H3,(H,15,16)(H,17,18). The van der Waals surface area contributed by atoms with Crippen molar-refractivity contribution in [2.24, 2.45) is 0 Å². The minimum Gasteiger partial charge on any atom is -0.481 e. The SMILES string of the molecule is COC(CNC(=O)Cc1cccc(C)c1)CC(=O)O. The Kier molecular flexibility index (Phi) is 6.02. The molecule has 1 amide bonds. The summed E-state index contributed by atoms with van der Waals surface area (Å²) in [5, 5.41) is 11.3. The van der Waals surface area contributed by atoms with Crippen molar-refractivity contribution in [3.05, 3.63) is 35.4 Å². The van der Waals surface area contributed by atoms with Crippen LogP contribution < -0.4 is 5.32 Å². The first kappa shape index (κ1) is 15.2. The quantitative estimate of drug-likeness (QED) is 0.775. The van der Waals surface area contributed by atoms with Crippen LogP contribution in [0.4, 0.5) is 0 Å². The van der Waals surface area contributed by atoms with E-state index in [1.807, 2.05) is 31.2 Å². The van der Waals surface area contributed by atoms with E-state index in [0.717, 1.165) is 11.1 Å². The van der Waals surface area contributed by atoms with Crippen LogP contribution in [-0.4, -0.2) is 36.7 Å². The third-order valence-electron chi connectivity index (χ3n) is 2.71. The molecule has 0 aromatic heterocycles. The van der Waals surface area contributed by atoms with Gasteiger partial charge in [0.05, 0.1) is 18.9 Å². The Morgan fingerprint density at radius 2 is 2.16 bits per heavy atom. The molecule has 0 bridgehead atoms. The van der Waals surface area contributed by atoms with E-state index in [0.29, 0.717) is 0 Å². The molecule has 0 saturated heterocycles. The molecule has 5 nitrogen and oxygen atoms in total. The topological polar surface area (TPSA) is 75.6 Å². The Labute approximate surface area is 112 Å². The number of carbonyl (C=O) groups is 2. The predicted octanol–water partition coefficient (Wildman–Crippen LogP) is 1.14. The Bertz CT molecular complexity index is 445. The number of aryl methyl sites for hydroxylation is 1. The number of nitrogens with one attached hydrogen (secondary N) is 1. The summed E-state index contributed by atoms with van der Waals surface area (Å²) in [5.74, 6) is -1.09. The fourth-order valence-electron chi connectivity index (χ4n) is 1.73. The molecular formula is C14H19NO4. The Balaban J connectivity index is 2.40. The molecule has 19 heavy (non-hydrogen) atoms. The van der Waals surface area contributed by atoms with E-state index in [9.17, 15) is 9.59 Å². The molecule has 0 aliphatic rings. The summed E-state index contributed by atoms with van der Waals surface area (Å²) in [6, 6.07) is 7.71. The summed E-state index contributed by atoms with van der Waals surface area (Å²) in [4.78, 5) is 22.3. The van der Waals surface area contributed by atoms with E-state index in [1.165, 1.54) is 7.11 Å². The predicted molar refractivity (Wildman–Crippen MR) is 70.9 cm³/mol. The lowest BCUT2D eigenvalue weighted by Gasteiger charge is -2.14. The third kappa shape index (κ3) is 6.01. The van der Waals surface area contributed by atoms with Gasteiger partial charge >= 0.3 is 5.97 Å². The number of carbonyl (C=O) groups excluding carboxylic acids is 1. The maximum absolute atomic E-state index is 11.7. The molecule has 1 rings (SSSR count).